The lowest BCUT2D eigenvalue weighted by Gasteiger charge is -2.19. The highest BCUT2D eigenvalue weighted by Gasteiger charge is 2.17. The van der Waals surface area contributed by atoms with Gasteiger partial charge in [-0.15, -0.1) is 0 Å². The minimum Gasteiger partial charge on any atom is -0.462 e. The number of pyridine rings is 1. The lowest BCUT2D eigenvalue weighted by Crippen LogP contribution is -2.17. The predicted octanol–water partition coefficient (Wildman–Crippen LogP) is 4.06. The lowest BCUT2D eigenvalue weighted by atomic mass is 10.2. The molecule has 0 spiro atoms. The molecular weight excluding hydrogens is 300 g/mol. The van der Waals surface area contributed by atoms with E-state index in [2.05, 4.69) is 47.5 Å². The Morgan fingerprint density at radius 2 is 1.92 bits per heavy atom. The Morgan fingerprint density at radius 3 is 2.62 bits per heavy atom. The first-order chi connectivity index (χ1) is 11.6. The normalized spacial score (nSPS) is 10.8. The molecule has 1 aromatic carbocycles. The van der Waals surface area contributed by atoms with Gasteiger partial charge in [0.2, 0.25) is 0 Å². The molecule has 0 aliphatic rings. The van der Waals surface area contributed by atoms with Crippen LogP contribution in [0.4, 0.5) is 5.69 Å². The highest BCUT2D eigenvalue weighted by molar-refractivity contribution is 5.97. The molecule has 0 atom stereocenters. The third-order valence-corrected chi connectivity index (χ3v) is 4.13. The van der Waals surface area contributed by atoms with Crippen molar-refractivity contribution in [2.45, 2.75) is 20.4 Å². The maximum absolute atomic E-state index is 12.2. The Hall–Kier alpha value is -2.75. The predicted molar refractivity (Wildman–Crippen MR) is 96.6 cm³/mol. The maximum Gasteiger partial charge on any atom is 0.340 e. The molecule has 0 amide bonds. The van der Waals surface area contributed by atoms with Crippen LogP contribution in [0.5, 0.6) is 0 Å². The first-order valence-electron chi connectivity index (χ1n) is 8.14. The molecular formula is C20H22N2O2. The third-order valence-electron chi connectivity index (χ3n) is 4.13. The van der Waals surface area contributed by atoms with E-state index in [0.717, 1.165) is 16.9 Å². The molecule has 0 saturated carbocycles. The number of aryl methyl sites for hydroxylation is 1. The molecule has 2 aromatic heterocycles. The van der Waals surface area contributed by atoms with E-state index >= 15 is 0 Å². The molecule has 0 fully saturated rings. The summed E-state index contributed by atoms with van der Waals surface area (Å²) in [4.78, 5) is 14.4. The quantitative estimate of drug-likeness (QED) is 0.664. The van der Waals surface area contributed by atoms with Gasteiger partial charge in [0, 0.05) is 24.6 Å². The number of fused-ring (bicyclic) bond motifs is 1. The summed E-state index contributed by atoms with van der Waals surface area (Å²) in [5.74, 6) is -0.273. The summed E-state index contributed by atoms with van der Waals surface area (Å²) in [6.07, 6.45) is 1.98. The van der Waals surface area contributed by atoms with Crippen molar-refractivity contribution in [3.8, 4) is 0 Å². The monoisotopic (exact) mass is 322 g/mol. The number of aromatic nitrogens is 1. The van der Waals surface area contributed by atoms with E-state index in [-0.39, 0.29) is 5.97 Å². The highest BCUT2D eigenvalue weighted by atomic mass is 16.5. The van der Waals surface area contributed by atoms with Crippen molar-refractivity contribution < 1.29 is 9.53 Å². The zero-order valence-corrected chi connectivity index (χ0v) is 14.3. The van der Waals surface area contributed by atoms with Crippen LogP contribution in [0.3, 0.4) is 0 Å². The zero-order valence-electron chi connectivity index (χ0n) is 14.3. The Bertz CT molecular complexity index is 850. The van der Waals surface area contributed by atoms with Crippen LogP contribution in [0, 0.1) is 6.92 Å². The van der Waals surface area contributed by atoms with Gasteiger partial charge in [-0.3, -0.25) is 0 Å². The number of anilines is 1. The minimum absolute atomic E-state index is 0.273. The fourth-order valence-electron chi connectivity index (χ4n) is 2.85. The molecule has 3 rings (SSSR count). The average molecular weight is 322 g/mol. The number of carbonyl (C=O) groups excluding carboxylic acids is 1. The second-order valence-corrected chi connectivity index (χ2v) is 5.92. The molecule has 4 nitrogen and oxygen atoms in total. The molecule has 0 N–H and O–H groups in total. The molecule has 24 heavy (non-hydrogen) atoms. The second kappa shape index (κ2) is 6.79. The molecule has 0 saturated heterocycles. The van der Waals surface area contributed by atoms with Crippen LogP contribution in [-0.4, -0.2) is 24.0 Å². The fraction of sp³-hybridized carbons (Fsp3) is 0.250. The van der Waals surface area contributed by atoms with Crippen molar-refractivity contribution in [3.63, 3.8) is 0 Å². The van der Waals surface area contributed by atoms with Gasteiger partial charge in [-0.25, -0.2) is 4.79 Å². The Labute approximate surface area is 142 Å². The van der Waals surface area contributed by atoms with Crippen LogP contribution in [0.15, 0.2) is 54.7 Å². The van der Waals surface area contributed by atoms with Gasteiger partial charge in [0.05, 0.1) is 24.2 Å². The Kier molecular flexibility index (Phi) is 4.56. The summed E-state index contributed by atoms with van der Waals surface area (Å²) in [5, 5.41) is 0. The van der Waals surface area contributed by atoms with Gasteiger partial charge in [0.25, 0.3) is 0 Å². The van der Waals surface area contributed by atoms with Crippen molar-refractivity contribution >= 4 is 17.2 Å². The van der Waals surface area contributed by atoms with Crippen LogP contribution < -0.4 is 4.90 Å². The van der Waals surface area contributed by atoms with Crippen LogP contribution in [-0.2, 0) is 11.3 Å². The van der Waals surface area contributed by atoms with Crippen LogP contribution >= 0.6 is 0 Å². The molecule has 3 aromatic rings. The smallest absolute Gasteiger partial charge is 0.340 e. The van der Waals surface area contributed by atoms with E-state index in [4.69, 9.17) is 4.74 Å². The largest absolute Gasteiger partial charge is 0.462 e. The fourth-order valence-corrected chi connectivity index (χ4v) is 2.85. The van der Waals surface area contributed by atoms with Crippen molar-refractivity contribution in [3.05, 3.63) is 71.5 Å². The van der Waals surface area contributed by atoms with Crippen molar-refractivity contribution in [1.82, 2.24) is 4.40 Å². The molecule has 2 heterocycles. The Balaban J connectivity index is 1.94. The second-order valence-electron chi connectivity index (χ2n) is 5.92. The summed E-state index contributed by atoms with van der Waals surface area (Å²) in [7, 11) is 2.05. The standard InChI is InChI=1S/C20H22N2O2/c1-4-24-20(23)18-13-17(22-12-6-5-7-19(18)22)14-21(3)16-10-8-15(2)9-11-16/h5-13H,4,14H2,1-3H3. The third kappa shape index (κ3) is 3.13. The van der Waals surface area contributed by atoms with E-state index in [1.54, 1.807) is 0 Å². The Morgan fingerprint density at radius 1 is 1.17 bits per heavy atom. The SMILES string of the molecule is CCOC(=O)c1cc(CN(C)c2ccc(C)cc2)n2ccccc12. The number of nitrogens with zero attached hydrogens (tertiary/aromatic N) is 2. The highest BCUT2D eigenvalue weighted by Crippen LogP contribution is 2.22. The summed E-state index contributed by atoms with van der Waals surface area (Å²) in [5.41, 5.74) is 4.93. The van der Waals surface area contributed by atoms with Gasteiger partial charge in [-0.2, -0.15) is 0 Å². The van der Waals surface area contributed by atoms with Gasteiger partial charge in [-0.1, -0.05) is 23.8 Å². The van der Waals surface area contributed by atoms with Crippen LogP contribution in [0.2, 0.25) is 0 Å². The maximum atomic E-state index is 12.2. The van der Waals surface area contributed by atoms with E-state index in [9.17, 15) is 4.79 Å². The summed E-state index contributed by atoms with van der Waals surface area (Å²) in [6.45, 7) is 4.98. The van der Waals surface area contributed by atoms with Crippen molar-refractivity contribution in [2.75, 3.05) is 18.6 Å². The number of benzene rings is 1. The molecule has 4 heteroatoms. The first-order valence-corrected chi connectivity index (χ1v) is 8.14. The summed E-state index contributed by atoms with van der Waals surface area (Å²) in [6, 6.07) is 16.2. The van der Waals surface area contributed by atoms with Crippen LogP contribution in [0.1, 0.15) is 28.5 Å². The average Bonchev–Trinajstić information content (AvgIpc) is 2.95. The summed E-state index contributed by atoms with van der Waals surface area (Å²) < 4.78 is 7.24. The molecule has 0 aliphatic heterocycles. The molecule has 0 bridgehead atoms. The van der Waals surface area contributed by atoms with E-state index in [1.807, 2.05) is 37.4 Å². The minimum atomic E-state index is -0.273. The number of esters is 1. The van der Waals surface area contributed by atoms with Gasteiger partial charge in [-0.05, 0) is 44.2 Å². The zero-order chi connectivity index (χ0) is 17.1. The topological polar surface area (TPSA) is 34.0 Å². The van der Waals surface area contributed by atoms with E-state index in [1.165, 1.54) is 5.56 Å². The van der Waals surface area contributed by atoms with Crippen LogP contribution in [0.25, 0.3) is 5.52 Å². The number of hydrogen-bond acceptors (Lipinski definition) is 3. The lowest BCUT2D eigenvalue weighted by molar-refractivity contribution is 0.0529. The number of carbonyl (C=O) groups is 1. The molecule has 124 valence electrons. The number of hydrogen-bond donors (Lipinski definition) is 0. The molecule has 0 radical (unpaired) electrons. The number of rotatable bonds is 5. The van der Waals surface area contributed by atoms with Crippen molar-refractivity contribution in [1.29, 1.82) is 0 Å². The molecule has 0 aliphatic carbocycles. The molecule has 0 unspecified atom stereocenters. The van der Waals surface area contributed by atoms with Gasteiger partial charge >= 0.3 is 5.97 Å². The van der Waals surface area contributed by atoms with Gasteiger partial charge in [0.1, 0.15) is 0 Å². The van der Waals surface area contributed by atoms with Crippen molar-refractivity contribution in [2.24, 2.45) is 0 Å². The van der Waals surface area contributed by atoms with Gasteiger partial charge in [0.15, 0.2) is 0 Å². The first kappa shape index (κ1) is 16.1. The van der Waals surface area contributed by atoms with E-state index in [0.29, 0.717) is 18.7 Å². The number of ether oxygens (including phenoxy) is 1. The van der Waals surface area contributed by atoms with E-state index < -0.39 is 0 Å². The summed E-state index contributed by atoms with van der Waals surface area (Å²) >= 11 is 0. The van der Waals surface area contributed by atoms with Gasteiger partial charge < -0.3 is 14.0 Å².